The van der Waals surface area contributed by atoms with Gasteiger partial charge in [-0.05, 0) is 18.2 Å². The highest BCUT2D eigenvalue weighted by Gasteiger charge is 2.07. The molecule has 0 radical (unpaired) electrons. The van der Waals surface area contributed by atoms with E-state index in [1.807, 2.05) is 0 Å². The Labute approximate surface area is 106 Å². The molecule has 0 atom stereocenters. The standard InChI is InChI=1S/C13H14N2O3/c1-3-7-14-9-12(16)15-11-6-4-5-10(8-11)13(17)18-2/h1,4-6,8,14H,7,9H2,2H3,(H,15,16). The Morgan fingerprint density at radius 2 is 2.22 bits per heavy atom. The van der Waals surface area contributed by atoms with E-state index in [1.165, 1.54) is 7.11 Å². The van der Waals surface area contributed by atoms with Gasteiger partial charge in [-0.3, -0.25) is 10.1 Å². The Morgan fingerprint density at radius 1 is 1.44 bits per heavy atom. The Balaban J connectivity index is 2.59. The van der Waals surface area contributed by atoms with Crippen LogP contribution in [0.3, 0.4) is 0 Å². The van der Waals surface area contributed by atoms with Crippen LogP contribution in [0.4, 0.5) is 5.69 Å². The van der Waals surface area contributed by atoms with Gasteiger partial charge in [0.2, 0.25) is 5.91 Å². The molecule has 0 aromatic heterocycles. The van der Waals surface area contributed by atoms with Gasteiger partial charge < -0.3 is 10.1 Å². The molecule has 0 aliphatic rings. The van der Waals surface area contributed by atoms with E-state index in [9.17, 15) is 9.59 Å². The summed E-state index contributed by atoms with van der Waals surface area (Å²) in [6, 6.07) is 6.51. The van der Waals surface area contributed by atoms with Gasteiger partial charge in [-0.1, -0.05) is 12.0 Å². The number of methoxy groups -OCH3 is 1. The summed E-state index contributed by atoms with van der Waals surface area (Å²) in [7, 11) is 1.30. The number of carbonyl (C=O) groups excluding carboxylic acids is 2. The molecule has 0 saturated heterocycles. The molecule has 5 nitrogen and oxygen atoms in total. The lowest BCUT2D eigenvalue weighted by molar-refractivity contribution is -0.115. The lowest BCUT2D eigenvalue weighted by Crippen LogP contribution is -2.28. The van der Waals surface area contributed by atoms with Crippen molar-refractivity contribution in [2.75, 3.05) is 25.5 Å². The summed E-state index contributed by atoms with van der Waals surface area (Å²) in [5.74, 6) is 1.69. The minimum Gasteiger partial charge on any atom is -0.465 e. The van der Waals surface area contributed by atoms with Crippen molar-refractivity contribution in [1.29, 1.82) is 0 Å². The SMILES string of the molecule is C#CCNCC(=O)Nc1cccc(C(=O)OC)c1. The third-order valence-electron chi connectivity index (χ3n) is 2.08. The molecule has 0 heterocycles. The quantitative estimate of drug-likeness (QED) is 0.454. The normalized spacial score (nSPS) is 9.33. The first kappa shape index (κ1) is 13.7. The van der Waals surface area contributed by atoms with Crippen LogP contribution in [0.15, 0.2) is 24.3 Å². The number of esters is 1. The van der Waals surface area contributed by atoms with Crippen LogP contribution < -0.4 is 10.6 Å². The van der Waals surface area contributed by atoms with Gasteiger partial charge in [-0.15, -0.1) is 6.42 Å². The molecule has 1 amide bonds. The number of terminal acetylenes is 1. The van der Waals surface area contributed by atoms with Gasteiger partial charge in [0.1, 0.15) is 0 Å². The van der Waals surface area contributed by atoms with Crippen molar-refractivity contribution in [2.45, 2.75) is 0 Å². The lowest BCUT2D eigenvalue weighted by Gasteiger charge is -2.06. The maximum Gasteiger partial charge on any atom is 0.337 e. The molecule has 0 aliphatic carbocycles. The fourth-order valence-electron chi connectivity index (χ4n) is 1.30. The van der Waals surface area contributed by atoms with Crippen LogP contribution in [0.5, 0.6) is 0 Å². The Bertz CT molecular complexity index is 477. The van der Waals surface area contributed by atoms with Crippen LogP contribution >= 0.6 is 0 Å². The smallest absolute Gasteiger partial charge is 0.337 e. The minimum absolute atomic E-state index is 0.118. The van der Waals surface area contributed by atoms with E-state index in [2.05, 4.69) is 21.3 Å². The van der Waals surface area contributed by atoms with Crippen molar-refractivity contribution in [1.82, 2.24) is 5.32 Å². The average molecular weight is 246 g/mol. The zero-order valence-corrected chi connectivity index (χ0v) is 10.0. The molecule has 0 saturated carbocycles. The molecule has 18 heavy (non-hydrogen) atoms. The molecule has 2 N–H and O–H groups in total. The Morgan fingerprint density at radius 3 is 2.89 bits per heavy atom. The highest BCUT2D eigenvalue weighted by atomic mass is 16.5. The average Bonchev–Trinajstić information content (AvgIpc) is 2.38. The molecular formula is C13H14N2O3. The number of hydrogen-bond donors (Lipinski definition) is 2. The molecule has 0 spiro atoms. The fourth-order valence-corrected chi connectivity index (χ4v) is 1.30. The van der Waals surface area contributed by atoms with Crippen LogP contribution in [0.25, 0.3) is 0 Å². The third-order valence-corrected chi connectivity index (χ3v) is 2.08. The number of carbonyl (C=O) groups is 2. The van der Waals surface area contributed by atoms with Crippen LogP contribution in [0.2, 0.25) is 0 Å². The number of nitrogens with one attached hydrogen (secondary N) is 2. The van der Waals surface area contributed by atoms with E-state index < -0.39 is 5.97 Å². The maximum absolute atomic E-state index is 11.5. The van der Waals surface area contributed by atoms with Gasteiger partial charge in [0.05, 0.1) is 25.8 Å². The monoisotopic (exact) mass is 246 g/mol. The van der Waals surface area contributed by atoms with Crippen LogP contribution in [0, 0.1) is 12.3 Å². The first-order valence-corrected chi connectivity index (χ1v) is 5.29. The molecule has 0 bridgehead atoms. The summed E-state index contributed by atoms with van der Waals surface area (Å²) in [4.78, 5) is 22.8. The molecule has 1 aromatic rings. The third kappa shape index (κ3) is 4.28. The number of benzene rings is 1. The topological polar surface area (TPSA) is 67.4 Å². The van der Waals surface area contributed by atoms with E-state index in [1.54, 1.807) is 24.3 Å². The second-order valence-corrected chi connectivity index (χ2v) is 3.43. The molecule has 0 fully saturated rings. The highest BCUT2D eigenvalue weighted by Crippen LogP contribution is 2.11. The molecule has 0 unspecified atom stereocenters. The zero-order chi connectivity index (χ0) is 13.4. The maximum atomic E-state index is 11.5. The second-order valence-electron chi connectivity index (χ2n) is 3.43. The van der Waals surface area contributed by atoms with Gasteiger partial charge in [-0.2, -0.15) is 0 Å². The highest BCUT2D eigenvalue weighted by molar-refractivity contribution is 5.95. The van der Waals surface area contributed by atoms with Gasteiger partial charge in [0.15, 0.2) is 0 Å². The molecule has 0 aliphatic heterocycles. The Kier molecular flexibility index (Phi) is 5.42. The fraction of sp³-hybridized carbons (Fsp3) is 0.231. The number of ether oxygens (including phenoxy) is 1. The summed E-state index contributed by atoms with van der Waals surface area (Å²) in [6.07, 6.45) is 5.04. The van der Waals surface area contributed by atoms with Crippen molar-refractivity contribution in [3.8, 4) is 12.3 Å². The van der Waals surface area contributed by atoms with Crippen molar-refractivity contribution in [2.24, 2.45) is 0 Å². The van der Waals surface area contributed by atoms with Gasteiger partial charge in [-0.25, -0.2) is 4.79 Å². The van der Waals surface area contributed by atoms with Crippen LogP contribution in [0.1, 0.15) is 10.4 Å². The zero-order valence-electron chi connectivity index (χ0n) is 10.0. The van der Waals surface area contributed by atoms with Crippen molar-refractivity contribution < 1.29 is 14.3 Å². The number of anilines is 1. The summed E-state index contributed by atoms with van der Waals surface area (Å²) in [5, 5.41) is 5.41. The molecule has 5 heteroatoms. The predicted octanol–water partition coefficient (Wildman–Crippen LogP) is 0.634. The molecule has 1 rings (SSSR count). The van der Waals surface area contributed by atoms with E-state index >= 15 is 0 Å². The van der Waals surface area contributed by atoms with E-state index in [0.717, 1.165) is 0 Å². The summed E-state index contributed by atoms with van der Waals surface area (Å²) >= 11 is 0. The molecular weight excluding hydrogens is 232 g/mol. The summed E-state index contributed by atoms with van der Waals surface area (Å²) < 4.78 is 4.59. The van der Waals surface area contributed by atoms with Crippen molar-refractivity contribution >= 4 is 17.6 Å². The molecule has 1 aromatic carbocycles. The van der Waals surface area contributed by atoms with Gasteiger partial charge in [0, 0.05) is 5.69 Å². The number of rotatable bonds is 5. The summed E-state index contributed by atoms with van der Waals surface area (Å²) in [5.41, 5.74) is 0.914. The first-order chi connectivity index (χ1) is 8.67. The largest absolute Gasteiger partial charge is 0.465 e. The van der Waals surface area contributed by atoms with Crippen molar-refractivity contribution in [3.63, 3.8) is 0 Å². The van der Waals surface area contributed by atoms with Crippen LogP contribution in [-0.2, 0) is 9.53 Å². The van der Waals surface area contributed by atoms with E-state index in [4.69, 9.17) is 6.42 Å². The minimum atomic E-state index is -0.448. The predicted molar refractivity (Wildman–Crippen MR) is 68.1 cm³/mol. The molecule has 94 valence electrons. The van der Waals surface area contributed by atoms with Gasteiger partial charge in [0.25, 0.3) is 0 Å². The Hall–Kier alpha value is -2.32. The van der Waals surface area contributed by atoms with E-state index in [0.29, 0.717) is 17.8 Å². The second kappa shape index (κ2) is 7.09. The van der Waals surface area contributed by atoms with Crippen molar-refractivity contribution in [3.05, 3.63) is 29.8 Å². The number of amides is 1. The number of hydrogen-bond acceptors (Lipinski definition) is 4. The lowest BCUT2D eigenvalue weighted by atomic mass is 10.2. The summed E-state index contributed by atoms with van der Waals surface area (Å²) in [6.45, 7) is 0.447. The first-order valence-electron chi connectivity index (χ1n) is 5.29. The van der Waals surface area contributed by atoms with E-state index in [-0.39, 0.29) is 12.5 Å². The van der Waals surface area contributed by atoms with Crippen LogP contribution in [-0.4, -0.2) is 32.1 Å². The van der Waals surface area contributed by atoms with Gasteiger partial charge >= 0.3 is 5.97 Å².